The number of phenols is 1. The van der Waals surface area contributed by atoms with E-state index in [1.807, 2.05) is 0 Å². The number of hydrogen-bond acceptors (Lipinski definition) is 4. The molecule has 78 valence electrons. The Bertz CT molecular complexity index is 465. The van der Waals surface area contributed by atoms with Gasteiger partial charge in [0.15, 0.2) is 0 Å². The Kier molecular flexibility index (Phi) is 2.28. The molecule has 1 aromatic carbocycles. The minimum atomic E-state index is -0.956. The lowest BCUT2D eigenvalue weighted by molar-refractivity contribution is 0.314. The van der Waals surface area contributed by atoms with Crippen molar-refractivity contribution >= 4 is 0 Å². The molecule has 0 spiro atoms. The van der Waals surface area contributed by atoms with Crippen molar-refractivity contribution in [2.24, 2.45) is 0 Å². The second kappa shape index (κ2) is 3.60. The van der Waals surface area contributed by atoms with Crippen molar-refractivity contribution in [1.29, 1.82) is 0 Å². The third kappa shape index (κ3) is 1.63. The minimum absolute atomic E-state index is 0.150. The number of phenolic OH excluding ortho intramolecular Hbond substituents is 1. The summed E-state index contributed by atoms with van der Waals surface area (Å²) < 4.78 is 25.4. The molecule has 1 aromatic heterocycles. The zero-order valence-corrected chi connectivity index (χ0v) is 7.43. The number of aromatic nitrogens is 4. The highest BCUT2D eigenvalue weighted by molar-refractivity contribution is 5.63. The van der Waals surface area contributed by atoms with Gasteiger partial charge < -0.3 is 5.11 Å². The van der Waals surface area contributed by atoms with Crippen LogP contribution >= 0.6 is 0 Å². The summed E-state index contributed by atoms with van der Waals surface area (Å²) in [5, 5.41) is 19.7. The number of aromatic hydroxyl groups is 1. The molecule has 0 atom stereocenters. The first-order valence-electron chi connectivity index (χ1n) is 4.04. The molecular formula is C8H6F2N4O. The normalized spacial score (nSPS) is 10.5. The monoisotopic (exact) mass is 212 g/mol. The smallest absolute Gasteiger partial charge is 0.211 e. The van der Waals surface area contributed by atoms with E-state index in [9.17, 15) is 13.9 Å². The molecule has 0 saturated heterocycles. The molecule has 7 heteroatoms. The largest absolute Gasteiger partial charge is 0.507 e. The van der Waals surface area contributed by atoms with Crippen LogP contribution < -0.4 is 0 Å². The van der Waals surface area contributed by atoms with Crippen molar-refractivity contribution in [2.75, 3.05) is 0 Å². The lowest BCUT2D eigenvalue weighted by Crippen LogP contribution is -1.97. The maximum Gasteiger partial charge on any atom is 0.211 e. The molecule has 15 heavy (non-hydrogen) atoms. The maximum atomic E-state index is 13.3. The van der Waals surface area contributed by atoms with Crippen LogP contribution in [0.25, 0.3) is 11.4 Å². The highest BCUT2D eigenvalue weighted by Crippen LogP contribution is 2.28. The van der Waals surface area contributed by atoms with Crippen LogP contribution in [0.5, 0.6) is 5.75 Å². The first-order chi connectivity index (χ1) is 7.22. The molecule has 0 fully saturated rings. The summed E-state index contributed by atoms with van der Waals surface area (Å²) in [4.78, 5) is 0.654. The van der Waals surface area contributed by atoms with E-state index in [0.29, 0.717) is 4.80 Å². The van der Waals surface area contributed by atoms with Crippen molar-refractivity contribution in [1.82, 2.24) is 20.2 Å². The van der Waals surface area contributed by atoms with E-state index in [1.54, 1.807) is 0 Å². The predicted molar refractivity (Wildman–Crippen MR) is 46.0 cm³/mol. The molecule has 0 aliphatic carbocycles. The van der Waals surface area contributed by atoms with Crippen LogP contribution in [0.1, 0.15) is 0 Å². The van der Waals surface area contributed by atoms with Gasteiger partial charge in [-0.2, -0.15) is 0 Å². The Morgan fingerprint density at radius 1 is 1.40 bits per heavy atom. The zero-order valence-electron chi connectivity index (χ0n) is 7.43. The zero-order chi connectivity index (χ0) is 10.8. The van der Waals surface area contributed by atoms with E-state index in [0.717, 1.165) is 6.07 Å². The van der Waals surface area contributed by atoms with Crippen LogP contribution in [0.3, 0.4) is 0 Å². The highest BCUT2D eigenvalue weighted by Gasteiger charge is 2.15. The van der Waals surface area contributed by atoms with Gasteiger partial charge in [-0.3, -0.25) is 0 Å². The average Bonchev–Trinajstić information content (AvgIpc) is 2.66. The van der Waals surface area contributed by atoms with Gasteiger partial charge in [0.25, 0.3) is 0 Å². The Hall–Kier alpha value is -2.05. The van der Waals surface area contributed by atoms with E-state index in [1.165, 1.54) is 12.1 Å². The SMILES string of the molecule is Oc1cccc(F)c1-c1nnn(CF)n1. The van der Waals surface area contributed by atoms with Crippen molar-refractivity contribution in [3.05, 3.63) is 24.0 Å². The molecule has 0 unspecified atom stereocenters. The Morgan fingerprint density at radius 3 is 2.80 bits per heavy atom. The standard InChI is InChI=1S/C8H6F2N4O/c9-4-14-12-8(11-13-14)7-5(10)2-1-3-6(7)15/h1-3,15H,4H2. The quantitative estimate of drug-likeness (QED) is 0.809. The van der Waals surface area contributed by atoms with Crippen LogP contribution in [0.4, 0.5) is 8.78 Å². The second-order valence-electron chi connectivity index (χ2n) is 2.74. The average molecular weight is 212 g/mol. The van der Waals surface area contributed by atoms with Gasteiger partial charge in [0, 0.05) is 0 Å². The number of tetrazole rings is 1. The van der Waals surface area contributed by atoms with E-state index >= 15 is 0 Å². The van der Waals surface area contributed by atoms with Crippen molar-refractivity contribution in [3.63, 3.8) is 0 Å². The molecule has 0 aliphatic heterocycles. The molecule has 2 rings (SSSR count). The fourth-order valence-electron chi connectivity index (χ4n) is 1.13. The Labute approximate surface area is 83.0 Å². The van der Waals surface area contributed by atoms with E-state index in [-0.39, 0.29) is 17.1 Å². The number of halogens is 2. The number of nitrogens with zero attached hydrogens (tertiary/aromatic N) is 4. The molecule has 0 saturated carbocycles. The second-order valence-corrected chi connectivity index (χ2v) is 2.74. The lowest BCUT2D eigenvalue weighted by Gasteiger charge is -1.99. The van der Waals surface area contributed by atoms with Gasteiger partial charge in [-0.15, -0.1) is 15.0 Å². The summed E-state index contributed by atoms with van der Waals surface area (Å²) in [6.45, 7) is -0.956. The molecule has 0 aliphatic rings. The van der Waals surface area contributed by atoms with Gasteiger partial charge in [0.1, 0.15) is 17.1 Å². The molecule has 0 radical (unpaired) electrons. The van der Waals surface area contributed by atoms with Gasteiger partial charge in [0.05, 0.1) is 0 Å². The third-order valence-corrected chi connectivity index (χ3v) is 1.77. The van der Waals surface area contributed by atoms with Crippen LogP contribution in [-0.2, 0) is 6.80 Å². The fraction of sp³-hybridized carbons (Fsp3) is 0.125. The van der Waals surface area contributed by atoms with Crippen molar-refractivity contribution in [3.8, 4) is 17.1 Å². The molecule has 5 nitrogen and oxygen atoms in total. The van der Waals surface area contributed by atoms with Crippen LogP contribution in [0.2, 0.25) is 0 Å². The van der Waals surface area contributed by atoms with Crippen molar-refractivity contribution in [2.45, 2.75) is 6.80 Å². The summed E-state index contributed by atoms with van der Waals surface area (Å²) >= 11 is 0. The van der Waals surface area contributed by atoms with E-state index < -0.39 is 12.6 Å². The maximum absolute atomic E-state index is 13.3. The topological polar surface area (TPSA) is 63.8 Å². The van der Waals surface area contributed by atoms with Crippen LogP contribution in [0.15, 0.2) is 18.2 Å². The first-order valence-corrected chi connectivity index (χ1v) is 4.04. The van der Waals surface area contributed by atoms with E-state index in [2.05, 4.69) is 15.4 Å². The Morgan fingerprint density at radius 2 is 2.20 bits per heavy atom. The minimum Gasteiger partial charge on any atom is -0.507 e. The molecule has 2 aromatic rings. The van der Waals surface area contributed by atoms with Gasteiger partial charge in [-0.1, -0.05) is 6.07 Å². The van der Waals surface area contributed by atoms with Crippen LogP contribution in [-0.4, -0.2) is 25.3 Å². The van der Waals surface area contributed by atoms with Crippen LogP contribution in [0, 0.1) is 5.82 Å². The molecular weight excluding hydrogens is 206 g/mol. The summed E-state index contributed by atoms with van der Waals surface area (Å²) in [7, 11) is 0. The van der Waals surface area contributed by atoms with Gasteiger partial charge in [-0.05, 0) is 17.3 Å². The van der Waals surface area contributed by atoms with Gasteiger partial charge in [0.2, 0.25) is 12.6 Å². The highest BCUT2D eigenvalue weighted by atomic mass is 19.1. The first kappa shape index (κ1) is 9.50. The molecule has 0 bridgehead atoms. The van der Waals surface area contributed by atoms with Crippen molar-refractivity contribution < 1.29 is 13.9 Å². The van der Waals surface area contributed by atoms with Gasteiger partial charge in [-0.25, -0.2) is 8.78 Å². The molecule has 0 amide bonds. The number of hydrogen-bond donors (Lipinski definition) is 1. The van der Waals surface area contributed by atoms with E-state index in [4.69, 9.17) is 0 Å². The lowest BCUT2D eigenvalue weighted by atomic mass is 10.2. The summed E-state index contributed by atoms with van der Waals surface area (Å²) in [6.07, 6.45) is 0. The number of rotatable bonds is 2. The predicted octanol–water partition coefficient (Wildman–Crippen LogP) is 1.11. The number of benzene rings is 1. The summed E-state index contributed by atoms with van der Waals surface area (Å²) in [5.41, 5.74) is -0.183. The van der Waals surface area contributed by atoms with Gasteiger partial charge >= 0.3 is 0 Å². The fourth-order valence-corrected chi connectivity index (χ4v) is 1.13. The summed E-state index contributed by atoms with van der Waals surface area (Å²) in [6, 6.07) is 3.77. The molecule has 1 heterocycles. The summed E-state index contributed by atoms with van der Waals surface area (Å²) in [5.74, 6) is -1.15. The number of alkyl halides is 1. The third-order valence-electron chi connectivity index (χ3n) is 1.77. The Balaban J connectivity index is 2.53. The molecule has 1 N–H and O–H groups in total.